The standard InChI is InChI=1S/C12H22N2O3/c1-12(2,11(16)17)9-10(15)13-5-8-14-6-3-4-7-14/h3-9H2,1-2H3,(H,13,15)(H,16,17). The van der Waals surface area contributed by atoms with Crippen molar-refractivity contribution >= 4 is 11.9 Å². The van der Waals surface area contributed by atoms with Crippen molar-refractivity contribution in [1.82, 2.24) is 10.2 Å². The molecule has 5 heteroatoms. The first-order chi connectivity index (χ1) is 7.92. The van der Waals surface area contributed by atoms with E-state index in [1.54, 1.807) is 13.8 Å². The van der Waals surface area contributed by atoms with Gasteiger partial charge in [0.15, 0.2) is 0 Å². The summed E-state index contributed by atoms with van der Waals surface area (Å²) in [5.41, 5.74) is -0.988. The Hall–Kier alpha value is -1.10. The van der Waals surface area contributed by atoms with E-state index in [1.807, 2.05) is 0 Å². The zero-order valence-corrected chi connectivity index (χ0v) is 10.7. The number of hydrogen-bond acceptors (Lipinski definition) is 3. The van der Waals surface area contributed by atoms with Gasteiger partial charge in [0.1, 0.15) is 0 Å². The van der Waals surface area contributed by atoms with Crippen molar-refractivity contribution in [2.45, 2.75) is 33.1 Å². The van der Waals surface area contributed by atoms with Crippen LogP contribution in [-0.2, 0) is 9.59 Å². The van der Waals surface area contributed by atoms with Gasteiger partial charge in [0.05, 0.1) is 5.41 Å². The number of likely N-dealkylation sites (tertiary alicyclic amines) is 1. The fraction of sp³-hybridized carbons (Fsp3) is 0.833. The topological polar surface area (TPSA) is 69.6 Å². The fourth-order valence-corrected chi connectivity index (χ4v) is 1.90. The van der Waals surface area contributed by atoms with E-state index in [4.69, 9.17) is 5.11 Å². The number of carbonyl (C=O) groups excluding carboxylic acids is 1. The van der Waals surface area contributed by atoms with Gasteiger partial charge in [0.25, 0.3) is 0 Å². The Bertz CT molecular complexity index is 283. The molecule has 0 aliphatic carbocycles. The van der Waals surface area contributed by atoms with Crippen LogP contribution in [0.3, 0.4) is 0 Å². The van der Waals surface area contributed by atoms with Crippen LogP contribution in [0.4, 0.5) is 0 Å². The van der Waals surface area contributed by atoms with Gasteiger partial charge < -0.3 is 15.3 Å². The van der Waals surface area contributed by atoms with Gasteiger partial charge in [-0.05, 0) is 39.8 Å². The Morgan fingerprint density at radius 3 is 2.41 bits per heavy atom. The first-order valence-electron chi connectivity index (χ1n) is 6.14. The third kappa shape index (κ3) is 4.73. The van der Waals surface area contributed by atoms with Crippen molar-refractivity contribution in [2.24, 2.45) is 5.41 Å². The zero-order chi connectivity index (χ0) is 12.9. The van der Waals surface area contributed by atoms with E-state index < -0.39 is 11.4 Å². The number of carbonyl (C=O) groups is 2. The van der Waals surface area contributed by atoms with Crippen LogP contribution < -0.4 is 5.32 Å². The summed E-state index contributed by atoms with van der Waals surface area (Å²) >= 11 is 0. The zero-order valence-electron chi connectivity index (χ0n) is 10.7. The summed E-state index contributed by atoms with van der Waals surface area (Å²) in [6.45, 7) is 6.81. The van der Waals surface area contributed by atoms with E-state index in [-0.39, 0.29) is 12.3 Å². The van der Waals surface area contributed by atoms with Crippen molar-refractivity contribution in [2.75, 3.05) is 26.2 Å². The van der Waals surface area contributed by atoms with Crippen LogP contribution in [0.2, 0.25) is 0 Å². The van der Waals surface area contributed by atoms with Crippen molar-refractivity contribution < 1.29 is 14.7 Å². The Balaban J connectivity index is 2.18. The third-order valence-electron chi connectivity index (χ3n) is 3.13. The van der Waals surface area contributed by atoms with E-state index in [9.17, 15) is 9.59 Å². The summed E-state index contributed by atoms with van der Waals surface area (Å²) in [6, 6.07) is 0. The molecule has 1 amide bonds. The van der Waals surface area contributed by atoms with Crippen molar-refractivity contribution in [3.05, 3.63) is 0 Å². The summed E-state index contributed by atoms with van der Waals surface area (Å²) < 4.78 is 0. The maximum atomic E-state index is 11.5. The van der Waals surface area contributed by atoms with Gasteiger partial charge in [-0.15, -0.1) is 0 Å². The largest absolute Gasteiger partial charge is 0.481 e. The molecule has 1 heterocycles. The summed E-state index contributed by atoms with van der Waals surface area (Å²) in [6.07, 6.45) is 2.50. The number of carboxylic acid groups (broad SMARTS) is 1. The lowest BCUT2D eigenvalue weighted by Gasteiger charge is -2.19. The number of carboxylic acids is 1. The number of nitrogens with zero attached hydrogens (tertiary/aromatic N) is 1. The monoisotopic (exact) mass is 242 g/mol. The average Bonchev–Trinajstić information content (AvgIpc) is 2.69. The van der Waals surface area contributed by atoms with Crippen LogP contribution in [0.25, 0.3) is 0 Å². The predicted octanol–water partition coefficient (Wildman–Crippen LogP) is 0.699. The summed E-state index contributed by atoms with van der Waals surface area (Å²) in [5.74, 6) is -1.12. The van der Waals surface area contributed by atoms with Gasteiger partial charge in [-0.3, -0.25) is 9.59 Å². The average molecular weight is 242 g/mol. The molecule has 5 nitrogen and oxygen atoms in total. The Morgan fingerprint density at radius 2 is 1.88 bits per heavy atom. The minimum absolute atomic E-state index is 0.0301. The molecule has 0 unspecified atom stereocenters. The van der Waals surface area contributed by atoms with Gasteiger partial charge in [-0.1, -0.05) is 0 Å². The van der Waals surface area contributed by atoms with Gasteiger partial charge >= 0.3 is 5.97 Å². The maximum absolute atomic E-state index is 11.5. The molecule has 0 saturated carbocycles. The smallest absolute Gasteiger partial charge is 0.309 e. The van der Waals surface area contributed by atoms with E-state index in [2.05, 4.69) is 10.2 Å². The number of rotatable bonds is 6. The van der Waals surface area contributed by atoms with E-state index in [1.165, 1.54) is 12.8 Å². The van der Waals surface area contributed by atoms with Crippen LogP contribution in [0.15, 0.2) is 0 Å². The molecule has 0 aromatic carbocycles. The van der Waals surface area contributed by atoms with Crippen LogP contribution in [0.5, 0.6) is 0 Å². The second-order valence-corrected chi connectivity index (χ2v) is 5.26. The minimum Gasteiger partial charge on any atom is -0.481 e. The van der Waals surface area contributed by atoms with Gasteiger partial charge in [-0.2, -0.15) is 0 Å². The molecular weight excluding hydrogens is 220 g/mol. The summed E-state index contributed by atoms with van der Waals surface area (Å²) in [4.78, 5) is 24.7. The highest BCUT2D eigenvalue weighted by molar-refractivity contribution is 5.84. The Labute approximate surface area is 102 Å². The SMILES string of the molecule is CC(C)(CC(=O)NCCN1CCCC1)C(=O)O. The quantitative estimate of drug-likeness (QED) is 0.719. The molecule has 0 aromatic rings. The van der Waals surface area contributed by atoms with E-state index >= 15 is 0 Å². The normalized spacial score (nSPS) is 17.1. The molecule has 17 heavy (non-hydrogen) atoms. The maximum Gasteiger partial charge on any atom is 0.309 e. The third-order valence-corrected chi connectivity index (χ3v) is 3.13. The number of nitrogens with one attached hydrogen (secondary N) is 1. The molecule has 0 spiro atoms. The highest BCUT2D eigenvalue weighted by atomic mass is 16.4. The summed E-state index contributed by atoms with van der Waals surface area (Å²) in [7, 11) is 0. The van der Waals surface area contributed by atoms with Gasteiger partial charge in [0.2, 0.25) is 5.91 Å². The van der Waals surface area contributed by atoms with Crippen LogP contribution >= 0.6 is 0 Å². The highest BCUT2D eigenvalue weighted by Crippen LogP contribution is 2.19. The molecular formula is C12H22N2O3. The predicted molar refractivity (Wildman–Crippen MR) is 64.7 cm³/mol. The minimum atomic E-state index is -0.988. The van der Waals surface area contributed by atoms with Crippen molar-refractivity contribution in [1.29, 1.82) is 0 Å². The molecule has 1 saturated heterocycles. The number of amides is 1. The van der Waals surface area contributed by atoms with Gasteiger partial charge in [0, 0.05) is 19.5 Å². The van der Waals surface area contributed by atoms with Crippen molar-refractivity contribution in [3.63, 3.8) is 0 Å². The molecule has 1 rings (SSSR count). The van der Waals surface area contributed by atoms with E-state index in [0.717, 1.165) is 19.6 Å². The van der Waals surface area contributed by atoms with Crippen LogP contribution in [0, 0.1) is 5.41 Å². The molecule has 98 valence electrons. The molecule has 0 bridgehead atoms. The fourth-order valence-electron chi connectivity index (χ4n) is 1.90. The second kappa shape index (κ2) is 6.00. The van der Waals surface area contributed by atoms with Crippen LogP contribution in [0.1, 0.15) is 33.1 Å². The molecule has 0 atom stereocenters. The Morgan fingerprint density at radius 1 is 1.29 bits per heavy atom. The molecule has 1 aliphatic heterocycles. The molecule has 0 aromatic heterocycles. The summed E-state index contributed by atoms with van der Waals surface area (Å²) in [5, 5.41) is 11.7. The first-order valence-corrected chi connectivity index (χ1v) is 6.14. The van der Waals surface area contributed by atoms with E-state index in [0.29, 0.717) is 6.54 Å². The molecule has 1 aliphatic rings. The lowest BCUT2D eigenvalue weighted by atomic mass is 9.89. The molecule has 1 fully saturated rings. The van der Waals surface area contributed by atoms with Crippen molar-refractivity contribution in [3.8, 4) is 0 Å². The lowest BCUT2D eigenvalue weighted by Crippen LogP contribution is -2.37. The Kier molecular flexibility index (Phi) is 4.93. The molecule has 0 radical (unpaired) electrons. The lowest BCUT2D eigenvalue weighted by molar-refractivity contribution is -0.149. The van der Waals surface area contributed by atoms with Crippen LogP contribution in [-0.4, -0.2) is 48.1 Å². The number of hydrogen-bond donors (Lipinski definition) is 2. The first kappa shape index (κ1) is 14.0. The molecule has 2 N–H and O–H groups in total. The van der Waals surface area contributed by atoms with Gasteiger partial charge in [-0.25, -0.2) is 0 Å². The number of aliphatic carboxylic acids is 1. The second-order valence-electron chi connectivity index (χ2n) is 5.26. The highest BCUT2D eigenvalue weighted by Gasteiger charge is 2.29.